The van der Waals surface area contributed by atoms with Gasteiger partial charge >= 0.3 is 0 Å². The molecule has 1 aromatic heterocycles. The van der Waals surface area contributed by atoms with Gasteiger partial charge in [-0.15, -0.1) is 11.8 Å². The zero-order valence-electron chi connectivity index (χ0n) is 12.0. The van der Waals surface area contributed by atoms with Crippen LogP contribution in [0.1, 0.15) is 33.9 Å². The molecule has 20 heavy (non-hydrogen) atoms. The maximum atomic E-state index is 12.5. The van der Waals surface area contributed by atoms with Gasteiger partial charge in [0, 0.05) is 12.4 Å². The van der Waals surface area contributed by atoms with Crippen molar-refractivity contribution in [3.8, 4) is 0 Å². The van der Waals surface area contributed by atoms with Crippen molar-refractivity contribution in [1.82, 2.24) is 14.5 Å². The summed E-state index contributed by atoms with van der Waals surface area (Å²) in [4.78, 5) is 17.3. The van der Waals surface area contributed by atoms with E-state index in [4.69, 9.17) is 23.2 Å². The Bertz CT molecular complexity index is 476. The van der Waals surface area contributed by atoms with E-state index in [1.165, 1.54) is 0 Å². The molecule has 1 fully saturated rings. The van der Waals surface area contributed by atoms with Crippen LogP contribution >= 0.6 is 35.0 Å². The van der Waals surface area contributed by atoms with Gasteiger partial charge < -0.3 is 9.47 Å². The standard InChI is InChI=1S/C13H19Cl2N3OS/c1-8(2)11-18(10(19)9(14)15)12(13(3,4)20-11)17-6-5-16-7-17/h5-9,11-12H,1-4H3. The number of carbonyl (C=O) groups excluding carboxylic acids is 1. The number of hydrogen-bond acceptors (Lipinski definition) is 3. The molecular formula is C13H19Cl2N3OS. The average molecular weight is 336 g/mol. The predicted octanol–water partition coefficient (Wildman–Crippen LogP) is 3.52. The Labute approximate surface area is 133 Å². The molecule has 2 unspecified atom stereocenters. The lowest BCUT2D eigenvalue weighted by Gasteiger charge is -2.35. The Hall–Kier alpha value is -0.390. The van der Waals surface area contributed by atoms with Crippen LogP contribution in [0.2, 0.25) is 0 Å². The van der Waals surface area contributed by atoms with Gasteiger partial charge in [0.05, 0.1) is 16.4 Å². The third-order valence-electron chi connectivity index (χ3n) is 3.40. The van der Waals surface area contributed by atoms with Crippen LogP contribution in [0.4, 0.5) is 0 Å². The van der Waals surface area contributed by atoms with E-state index in [2.05, 4.69) is 32.7 Å². The van der Waals surface area contributed by atoms with Gasteiger partial charge in [-0.2, -0.15) is 0 Å². The van der Waals surface area contributed by atoms with Crippen molar-refractivity contribution in [2.45, 2.75) is 48.8 Å². The van der Waals surface area contributed by atoms with Crippen molar-refractivity contribution < 1.29 is 4.79 Å². The smallest absolute Gasteiger partial charge is 0.258 e. The summed E-state index contributed by atoms with van der Waals surface area (Å²) in [6.45, 7) is 8.45. The normalized spacial score (nSPS) is 25.7. The van der Waals surface area contributed by atoms with Crippen LogP contribution in [0.5, 0.6) is 0 Å². The summed E-state index contributed by atoms with van der Waals surface area (Å²) in [6, 6.07) is 0. The molecular weight excluding hydrogens is 317 g/mol. The molecule has 0 saturated carbocycles. The lowest BCUT2D eigenvalue weighted by molar-refractivity contribution is -0.135. The van der Waals surface area contributed by atoms with Gasteiger partial charge in [0.2, 0.25) is 0 Å². The third kappa shape index (κ3) is 2.81. The van der Waals surface area contributed by atoms with Crippen molar-refractivity contribution in [2.24, 2.45) is 5.92 Å². The molecule has 1 saturated heterocycles. The Balaban J connectivity index is 2.46. The fourth-order valence-corrected chi connectivity index (χ4v) is 4.45. The van der Waals surface area contributed by atoms with E-state index in [9.17, 15) is 4.79 Å². The summed E-state index contributed by atoms with van der Waals surface area (Å²) in [6.07, 6.45) is 5.17. The Morgan fingerprint density at radius 1 is 1.40 bits per heavy atom. The summed E-state index contributed by atoms with van der Waals surface area (Å²) in [5.74, 6) is 0.0626. The van der Waals surface area contributed by atoms with E-state index >= 15 is 0 Å². The maximum absolute atomic E-state index is 12.5. The van der Waals surface area contributed by atoms with E-state index in [-0.39, 0.29) is 22.2 Å². The number of aromatic nitrogens is 2. The van der Waals surface area contributed by atoms with E-state index in [1.54, 1.807) is 24.3 Å². The minimum Gasteiger partial charge on any atom is -0.315 e. The molecule has 2 heterocycles. The van der Waals surface area contributed by atoms with Crippen LogP contribution in [0.3, 0.4) is 0 Å². The lowest BCUT2D eigenvalue weighted by Crippen LogP contribution is -2.46. The number of nitrogens with zero attached hydrogens (tertiary/aromatic N) is 3. The molecule has 0 bridgehead atoms. The highest BCUT2D eigenvalue weighted by atomic mass is 35.5. The number of thioether (sulfide) groups is 1. The second-order valence-corrected chi connectivity index (χ2v) is 8.65. The van der Waals surface area contributed by atoms with Gasteiger partial charge in [-0.25, -0.2) is 4.98 Å². The summed E-state index contributed by atoms with van der Waals surface area (Å²) < 4.78 is 1.80. The molecule has 0 radical (unpaired) electrons. The Morgan fingerprint density at radius 3 is 2.50 bits per heavy atom. The largest absolute Gasteiger partial charge is 0.315 e. The molecule has 1 aromatic rings. The highest BCUT2D eigenvalue weighted by Gasteiger charge is 2.51. The molecule has 1 amide bonds. The zero-order chi connectivity index (χ0) is 15.1. The maximum Gasteiger partial charge on any atom is 0.258 e. The zero-order valence-corrected chi connectivity index (χ0v) is 14.3. The monoisotopic (exact) mass is 335 g/mol. The number of imidazole rings is 1. The number of halogens is 2. The number of amides is 1. The molecule has 4 nitrogen and oxygen atoms in total. The molecule has 7 heteroatoms. The van der Waals surface area contributed by atoms with Crippen molar-refractivity contribution >= 4 is 40.9 Å². The molecule has 0 aromatic carbocycles. The number of rotatable bonds is 3. The molecule has 0 aliphatic carbocycles. The first-order valence-corrected chi connectivity index (χ1v) is 8.26. The second kappa shape index (κ2) is 5.78. The van der Waals surface area contributed by atoms with Gasteiger partial charge in [-0.05, 0) is 19.8 Å². The first-order chi connectivity index (χ1) is 9.25. The first kappa shape index (κ1) is 16.0. The predicted molar refractivity (Wildman–Crippen MR) is 83.9 cm³/mol. The minimum atomic E-state index is -1.04. The van der Waals surface area contributed by atoms with E-state index in [0.717, 1.165) is 0 Å². The van der Waals surface area contributed by atoms with E-state index in [0.29, 0.717) is 5.92 Å². The van der Waals surface area contributed by atoms with Crippen molar-refractivity contribution in [3.05, 3.63) is 18.7 Å². The van der Waals surface area contributed by atoms with Gasteiger partial charge in [0.15, 0.2) is 4.84 Å². The lowest BCUT2D eigenvalue weighted by atomic mass is 10.1. The molecule has 2 rings (SSSR count). The number of carbonyl (C=O) groups is 1. The van der Waals surface area contributed by atoms with E-state index in [1.807, 2.05) is 15.7 Å². The highest BCUT2D eigenvalue weighted by Crippen LogP contribution is 2.52. The van der Waals surface area contributed by atoms with Crippen LogP contribution in [0.15, 0.2) is 18.7 Å². The van der Waals surface area contributed by atoms with Gasteiger partial charge in [0.25, 0.3) is 5.91 Å². The average Bonchev–Trinajstić information content (AvgIpc) is 2.92. The summed E-state index contributed by atoms with van der Waals surface area (Å²) >= 11 is 13.5. The summed E-state index contributed by atoms with van der Waals surface area (Å²) in [5.41, 5.74) is 0. The van der Waals surface area contributed by atoms with Crippen molar-refractivity contribution in [1.29, 1.82) is 0 Å². The van der Waals surface area contributed by atoms with Crippen molar-refractivity contribution in [2.75, 3.05) is 0 Å². The van der Waals surface area contributed by atoms with E-state index < -0.39 is 4.84 Å². The van der Waals surface area contributed by atoms with Crippen molar-refractivity contribution in [3.63, 3.8) is 0 Å². The SMILES string of the molecule is CC(C)C1SC(C)(C)C(n2ccnc2)N1C(=O)C(Cl)Cl. The number of hydrogen-bond donors (Lipinski definition) is 0. The van der Waals surface area contributed by atoms with Crippen LogP contribution in [-0.2, 0) is 4.79 Å². The summed E-state index contributed by atoms with van der Waals surface area (Å²) in [5, 5.41) is 0.0462. The van der Waals surface area contributed by atoms with Crippen LogP contribution in [0, 0.1) is 5.92 Å². The Kier molecular flexibility index (Phi) is 4.62. The molecule has 1 aliphatic heterocycles. The highest BCUT2D eigenvalue weighted by molar-refractivity contribution is 8.01. The minimum absolute atomic E-state index is 0.0462. The molecule has 112 valence electrons. The van der Waals surface area contributed by atoms with Gasteiger partial charge in [-0.1, -0.05) is 37.0 Å². The molecule has 2 atom stereocenters. The second-order valence-electron chi connectivity index (χ2n) is 5.79. The summed E-state index contributed by atoms with van der Waals surface area (Å²) in [7, 11) is 0. The topological polar surface area (TPSA) is 38.1 Å². The molecule has 0 N–H and O–H groups in total. The Morgan fingerprint density at radius 2 is 2.05 bits per heavy atom. The number of alkyl halides is 2. The van der Waals surface area contributed by atoms with Crippen LogP contribution < -0.4 is 0 Å². The van der Waals surface area contributed by atoms with Gasteiger partial charge in [-0.3, -0.25) is 4.79 Å². The fourth-order valence-electron chi connectivity index (χ4n) is 2.64. The van der Waals surface area contributed by atoms with Gasteiger partial charge in [0.1, 0.15) is 6.17 Å². The third-order valence-corrected chi connectivity index (χ3v) is 5.61. The van der Waals surface area contributed by atoms with Crippen LogP contribution in [0.25, 0.3) is 0 Å². The fraction of sp³-hybridized carbons (Fsp3) is 0.692. The molecule has 0 spiro atoms. The molecule has 1 aliphatic rings. The quantitative estimate of drug-likeness (QED) is 0.793. The first-order valence-electron chi connectivity index (χ1n) is 6.51. The van der Waals surface area contributed by atoms with Crippen LogP contribution in [-0.4, -0.2) is 35.3 Å².